The highest BCUT2D eigenvalue weighted by atomic mass is 35.5. The van der Waals surface area contributed by atoms with E-state index in [1.54, 1.807) is 23.9 Å². The highest BCUT2D eigenvalue weighted by molar-refractivity contribution is 7.99. The molecule has 15 heavy (non-hydrogen) atoms. The fourth-order valence-electron chi connectivity index (χ4n) is 1.38. The SMILES string of the molecule is O=S([O-])Nc1cc(Cl)cc2c1SCCN2. The molecule has 2 N–H and O–H groups in total. The average molecular weight is 264 g/mol. The lowest BCUT2D eigenvalue weighted by molar-refractivity contribution is 0.542. The number of nitrogens with one attached hydrogen (secondary N) is 2. The molecule has 0 saturated carbocycles. The van der Waals surface area contributed by atoms with Gasteiger partial charge in [-0.3, -0.25) is 4.21 Å². The highest BCUT2D eigenvalue weighted by Crippen LogP contribution is 2.39. The summed E-state index contributed by atoms with van der Waals surface area (Å²) in [5.74, 6) is 0.912. The molecule has 0 aromatic heterocycles. The summed E-state index contributed by atoms with van der Waals surface area (Å²) in [5.41, 5.74) is 1.41. The number of thioether (sulfide) groups is 1. The summed E-state index contributed by atoms with van der Waals surface area (Å²) < 4.78 is 23.5. The Morgan fingerprint density at radius 2 is 2.40 bits per heavy atom. The van der Waals surface area contributed by atoms with E-state index in [-0.39, 0.29) is 0 Å². The number of hydrogen-bond acceptors (Lipinski definition) is 4. The largest absolute Gasteiger partial charge is 0.755 e. The van der Waals surface area contributed by atoms with Gasteiger partial charge in [-0.2, -0.15) is 0 Å². The first-order chi connectivity index (χ1) is 7.16. The van der Waals surface area contributed by atoms with Crippen LogP contribution in [0, 0.1) is 0 Å². The van der Waals surface area contributed by atoms with Gasteiger partial charge in [-0.05, 0) is 12.1 Å². The van der Waals surface area contributed by atoms with Crippen LogP contribution in [0.15, 0.2) is 17.0 Å². The maximum Gasteiger partial charge on any atom is 0.0624 e. The molecule has 1 aliphatic rings. The van der Waals surface area contributed by atoms with Gasteiger partial charge in [0.15, 0.2) is 0 Å². The lowest BCUT2D eigenvalue weighted by atomic mass is 10.2. The van der Waals surface area contributed by atoms with Crippen molar-refractivity contribution in [2.45, 2.75) is 4.90 Å². The summed E-state index contributed by atoms with van der Waals surface area (Å²) in [6.45, 7) is 0.859. The van der Waals surface area contributed by atoms with Crippen molar-refractivity contribution in [3.05, 3.63) is 17.2 Å². The Balaban J connectivity index is 2.43. The van der Waals surface area contributed by atoms with Crippen molar-refractivity contribution < 1.29 is 8.76 Å². The number of anilines is 2. The number of benzene rings is 1. The summed E-state index contributed by atoms with van der Waals surface area (Å²) >= 11 is 5.16. The zero-order valence-electron chi connectivity index (χ0n) is 7.58. The van der Waals surface area contributed by atoms with E-state index in [9.17, 15) is 8.76 Å². The fraction of sp³-hybridized carbons (Fsp3) is 0.250. The van der Waals surface area contributed by atoms with Gasteiger partial charge in [-0.1, -0.05) is 11.6 Å². The molecule has 0 saturated heterocycles. The average Bonchev–Trinajstić information content (AvgIpc) is 2.16. The monoisotopic (exact) mass is 263 g/mol. The predicted octanol–water partition coefficient (Wildman–Crippen LogP) is 2.06. The minimum absolute atomic E-state index is 0.511. The molecule has 1 aromatic carbocycles. The van der Waals surface area contributed by atoms with Crippen molar-refractivity contribution in [3.8, 4) is 0 Å². The van der Waals surface area contributed by atoms with Crippen LogP contribution in [0.4, 0.5) is 11.4 Å². The van der Waals surface area contributed by atoms with E-state index < -0.39 is 11.3 Å². The van der Waals surface area contributed by atoms with Gasteiger partial charge in [-0.15, -0.1) is 11.8 Å². The van der Waals surface area contributed by atoms with Crippen LogP contribution >= 0.6 is 23.4 Å². The molecule has 0 radical (unpaired) electrons. The maximum absolute atomic E-state index is 10.6. The Morgan fingerprint density at radius 3 is 3.13 bits per heavy atom. The van der Waals surface area contributed by atoms with Crippen LogP contribution in [0.5, 0.6) is 0 Å². The molecule has 1 unspecified atom stereocenters. The van der Waals surface area contributed by atoms with Gasteiger partial charge >= 0.3 is 0 Å². The van der Waals surface area contributed by atoms with E-state index in [0.717, 1.165) is 22.9 Å². The minimum Gasteiger partial charge on any atom is -0.755 e. The Morgan fingerprint density at radius 1 is 1.60 bits per heavy atom. The van der Waals surface area contributed by atoms with E-state index in [1.807, 2.05) is 0 Å². The van der Waals surface area contributed by atoms with Gasteiger partial charge in [0, 0.05) is 28.6 Å². The van der Waals surface area contributed by atoms with E-state index in [1.165, 1.54) is 0 Å². The number of hydrogen-bond donors (Lipinski definition) is 2. The molecule has 0 fully saturated rings. The fourth-order valence-corrected chi connectivity index (χ4v) is 2.97. The van der Waals surface area contributed by atoms with Crippen LogP contribution in [-0.2, 0) is 11.3 Å². The van der Waals surface area contributed by atoms with Crippen LogP contribution < -0.4 is 10.0 Å². The van der Waals surface area contributed by atoms with Gasteiger partial charge in [0.1, 0.15) is 0 Å². The third-order valence-electron chi connectivity index (χ3n) is 1.91. The molecule has 4 nitrogen and oxygen atoms in total. The zero-order valence-corrected chi connectivity index (χ0v) is 9.97. The van der Waals surface area contributed by atoms with Crippen molar-refractivity contribution in [2.24, 2.45) is 0 Å². The Hall–Kier alpha value is -0.430. The van der Waals surface area contributed by atoms with Crippen LogP contribution in [0.25, 0.3) is 0 Å². The second-order valence-electron chi connectivity index (χ2n) is 2.94. The van der Waals surface area contributed by atoms with Crippen LogP contribution in [0.3, 0.4) is 0 Å². The van der Waals surface area contributed by atoms with E-state index >= 15 is 0 Å². The molecule has 1 aliphatic heterocycles. The van der Waals surface area contributed by atoms with Crippen molar-refractivity contribution in [1.82, 2.24) is 0 Å². The lowest BCUT2D eigenvalue weighted by Gasteiger charge is -2.22. The normalized spacial score (nSPS) is 16.4. The molecule has 0 spiro atoms. The molecule has 82 valence electrons. The van der Waals surface area contributed by atoms with Crippen molar-refractivity contribution >= 4 is 46.0 Å². The number of halogens is 1. The molecule has 2 rings (SSSR count). The van der Waals surface area contributed by atoms with E-state index in [0.29, 0.717) is 10.7 Å². The van der Waals surface area contributed by atoms with Gasteiger partial charge < -0.3 is 14.6 Å². The van der Waals surface area contributed by atoms with Gasteiger partial charge in [-0.25, -0.2) is 0 Å². The predicted molar refractivity (Wildman–Crippen MR) is 63.2 cm³/mol. The van der Waals surface area contributed by atoms with Crippen LogP contribution in [0.2, 0.25) is 5.02 Å². The molecule has 1 atom stereocenters. The topological polar surface area (TPSA) is 64.2 Å². The van der Waals surface area contributed by atoms with Crippen LogP contribution in [-0.4, -0.2) is 21.1 Å². The first-order valence-corrected chi connectivity index (χ1v) is 6.67. The highest BCUT2D eigenvalue weighted by Gasteiger charge is 2.14. The third kappa shape index (κ3) is 2.57. The van der Waals surface area contributed by atoms with Crippen LogP contribution in [0.1, 0.15) is 0 Å². The molecule has 1 aromatic rings. The van der Waals surface area contributed by atoms with Crippen molar-refractivity contribution in [3.63, 3.8) is 0 Å². The Kier molecular flexibility index (Phi) is 3.40. The minimum atomic E-state index is -2.32. The van der Waals surface area contributed by atoms with E-state index in [2.05, 4.69) is 10.0 Å². The van der Waals surface area contributed by atoms with E-state index in [4.69, 9.17) is 11.6 Å². The molecule has 7 heteroatoms. The summed E-state index contributed by atoms with van der Waals surface area (Å²) in [6, 6.07) is 3.40. The molecule has 1 heterocycles. The summed E-state index contributed by atoms with van der Waals surface area (Å²) in [7, 11) is 0. The number of rotatable bonds is 2. The second-order valence-corrected chi connectivity index (χ2v) is 5.16. The smallest absolute Gasteiger partial charge is 0.0624 e. The quantitative estimate of drug-likeness (QED) is 0.802. The maximum atomic E-state index is 10.6. The molecule has 0 aliphatic carbocycles. The molecular formula is C8H8ClN2O2S2-. The lowest BCUT2D eigenvalue weighted by Crippen LogP contribution is -2.12. The third-order valence-corrected chi connectivity index (χ3v) is 3.65. The zero-order chi connectivity index (χ0) is 10.8. The summed E-state index contributed by atoms with van der Waals surface area (Å²) in [5, 5.41) is 3.68. The van der Waals surface area contributed by atoms with Gasteiger partial charge in [0.25, 0.3) is 0 Å². The molecule has 0 bridgehead atoms. The van der Waals surface area contributed by atoms with Crippen molar-refractivity contribution in [1.29, 1.82) is 0 Å². The summed E-state index contributed by atoms with van der Waals surface area (Å²) in [4.78, 5) is 0.898. The Bertz CT molecular complexity index is 414. The Labute approximate surface area is 99.2 Å². The van der Waals surface area contributed by atoms with Gasteiger partial charge in [0.2, 0.25) is 0 Å². The number of fused-ring (bicyclic) bond motifs is 1. The standard InChI is InChI=1S/C8H9ClN2O2S2/c9-5-3-6-8(14-2-1-10-6)7(4-5)11-15(12)13/h3-4,10-11H,1-2H2,(H,12,13)/p-1. The molecule has 0 amide bonds. The second kappa shape index (κ2) is 4.61. The first-order valence-electron chi connectivity index (χ1n) is 4.23. The molecular weight excluding hydrogens is 256 g/mol. The van der Waals surface area contributed by atoms with Gasteiger partial charge in [0.05, 0.1) is 16.3 Å². The van der Waals surface area contributed by atoms with Crippen molar-refractivity contribution in [2.75, 3.05) is 22.3 Å². The first kappa shape index (κ1) is 11.1. The summed E-state index contributed by atoms with van der Waals surface area (Å²) in [6.07, 6.45) is 0.